The first kappa shape index (κ1) is 14.7. The molecule has 1 atom stereocenters. The summed E-state index contributed by atoms with van der Waals surface area (Å²) in [4.78, 5) is 9.01. The van der Waals surface area contributed by atoms with Crippen molar-refractivity contribution in [3.63, 3.8) is 0 Å². The van der Waals surface area contributed by atoms with Gasteiger partial charge in [-0.3, -0.25) is 0 Å². The molecule has 1 unspecified atom stereocenters. The first-order valence-corrected chi connectivity index (χ1v) is 8.37. The minimum Gasteiger partial charge on any atom is -0.332 e. The molecule has 1 saturated carbocycles. The highest BCUT2D eigenvalue weighted by Crippen LogP contribution is 2.41. The summed E-state index contributed by atoms with van der Waals surface area (Å²) in [6.45, 7) is 6.58. The second kappa shape index (κ2) is 5.50. The number of hydrogen-bond donors (Lipinski definition) is 1. The van der Waals surface area contributed by atoms with E-state index in [1.807, 2.05) is 12.3 Å². The lowest BCUT2D eigenvalue weighted by Gasteiger charge is -2.32. The van der Waals surface area contributed by atoms with Crippen LogP contribution in [0, 0.1) is 5.41 Å². The van der Waals surface area contributed by atoms with Gasteiger partial charge in [0.1, 0.15) is 10.7 Å². The van der Waals surface area contributed by atoms with Crippen LogP contribution in [0.15, 0.2) is 9.90 Å². The lowest BCUT2D eigenvalue weighted by atomic mass is 9.73. The Labute approximate surface area is 129 Å². The SMILES string of the molecule is CC(N)c1nc(-c2nc(C3CCC(C)(C)CC3)no2)cs1. The molecule has 1 aliphatic carbocycles. The number of aromatic nitrogens is 3. The van der Waals surface area contributed by atoms with Gasteiger partial charge in [-0.2, -0.15) is 4.98 Å². The van der Waals surface area contributed by atoms with Gasteiger partial charge >= 0.3 is 0 Å². The highest BCUT2D eigenvalue weighted by Gasteiger charge is 2.30. The summed E-state index contributed by atoms with van der Waals surface area (Å²) in [7, 11) is 0. The van der Waals surface area contributed by atoms with Crippen molar-refractivity contribution in [3.8, 4) is 11.6 Å². The Morgan fingerprint density at radius 2 is 2.05 bits per heavy atom. The van der Waals surface area contributed by atoms with Crippen LogP contribution in [0.1, 0.15) is 69.2 Å². The van der Waals surface area contributed by atoms with Crippen LogP contribution < -0.4 is 5.73 Å². The van der Waals surface area contributed by atoms with Gasteiger partial charge in [-0.25, -0.2) is 4.98 Å². The van der Waals surface area contributed by atoms with Crippen molar-refractivity contribution < 1.29 is 4.52 Å². The molecule has 2 heterocycles. The quantitative estimate of drug-likeness (QED) is 0.930. The van der Waals surface area contributed by atoms with Gasteiger partial charge < -0.3 is 10.3 Å². The van der Waals surface area contributed by atoms with Crippen LogP contribution in [0.25, 0.3) is 11.6 Å². The largest absolute Gasteiger partial charge is 0.332 e. The molecular formula is C15H22N4OS. The Balaban J connectivity index is 1.74. The van der Waals surface area contributed by atoms with Crippen molar-refractivity contribution in [2.75, 3.05) is 0 Å². The standard InChI is InChI=1S/C15H22N4OS/c1-9(16)14-17-11(8-21-14)13-18-12(19-20-13)10-4-6-15(2,3)7-5-10/h8-10H,4-7,16H2,1-3H3. The summed E-state index contributed by atoms with van der Waals surface area (Å²) in [6, 6.07) is -0.0632. The molecule has 0 bridgehead atoms. The number of rotatable bonds is 3. The summed E-state index contributed by atoms with van der Waals surface area (Å²) in [5.74, 6) is 1.76. The zero-order chi connectivity index (χ0) is 15.0. The Hall–Kier alpha value is -1.27. The van der Waals surface area contributed by atoms with Gasteiger partial charge in [0.15, 0.2) is 5.82 Å². The topological polar surface area (TPSA) is 77.8 Å². The third kappa shape index (κ3) is 3.16. The molecule has 21 heavy (non-hydrogen) atoms. The smallest absolute Gasteiger partial charge is 0.277 e. The molecule has 0 amide bonds. The second-order valence-corrected chi connectivity index (χ2v) is 7.65. The third-order valence-electron chi connectivity index (χ3n) is 4.28. The van der Waals surface area contributed by atoms with Crippen molar-refractivity contribution in [1.82, 2.24) is 15.1 Å². The van der Waals surface area contributed by atoms with E-state index in [1.54, 1.807) is 0 Å². The average molecular weight is 306 g/mol. The van der Waals surface area contributed by atoms with Crippen LogP contribution in [0.5, 0.6) is 0 Å². The van der Waals surface area contributed by atoms with E-state index in [9.17, 15) is 0 Å². The Kier molecular flexibility index (Phi) is 3.84. The molecule has 0 radical (unpaired) electrons. The average Bonchev–Trinajstić information content (AvgIpc) is 3.07. The van der Waals surface area contributed by atoms with Crippen LogP contribution in [-0.2, 0) is 0 Å². The fourth-order valence-electron chi connectivity index (χ4n) is 2.76. The van der Waals surface area contributed by atoms with Crippen LogP contribution in [-0.4, -0.2) is 15.1 Å². The van der Waals surface area contributed by atoms with E-state index >= 15 is 0 Å². The highest BCUT2D eigenvalue weighted by atomic mass is 32.1. The van der Waals surface area contributed by atoms with E-state index in [1.165, 1.54) is 24.2 Å². The molecule has 1 fully saturated rings. The maximum Gasteiger partial charge on any atom is 0.277 e. The molecule has 0 aromatic carbocycles. The van der Waals surface area contributed by atoms with Crippen molar-refractivity contribution in [3.05, 3.63) is 16.2 Å². The maximum atomic E-state index is 5.83. The lowest BCUT2D eigenvalue weighted by molar-refractivity contribution is 0.218. The number of nitrogens with two attached hydrogens (primary N) is 1. The fourth-order valence-corrected chi connectivity index (χ4v) is 3.51. The van der Waals surface area contributed by atoms with Crippen molar-refractivity contribution in [2.45, 2.75) is 58.4 Å². The van der Waals surface area contributed by atoms with Gasteiger partial charge in [0.05, 0.1) is 6.04 Å². The van der Waals surface area contributed by atoms with E-state index in [2.05, 4.69) is 29.0 Å². The molecule has 5 nitrogen and oxygen atoms in total. The molecule has 0 saturated heterocycles. The molecule has 0 aliphatic heterocycles. The molecule has 0 spiro atoms. The van der Waals surface area contributed by atoms with Gasteiger partial charge in [-0.1, -0.05) is 19.0 Å². The van der Waals surface area contributed by atoms with Gasteiger partial charge in [0.25, 0.3) is 5.89 Å². The Morgan fingerprint density at radius 1 is 1.33 bits per heavy atom. The summed E-state index contributed by atoms with van der Waals surface area (Å²) in [6.07, 6.45) is 4.70. The molecular weight excluding hydrogens is 284 g/mol. The zero-order valence-electron chi connectivity index (χ0n) is 12.8. The minimum atomic E-state index is -0.0632. The van der Waals surface area contributed by atoms with E-state index in [0.29, 0.717) is 17.2 Å². The molecule has 114 valence electrons. The van der Waals surface area contributed by atoms with E-state index in [-0.39, 0.29) is 6.04 Å². The van der Waals surface area contributed by atoms with Crippen molar-refractivity contribution >= 4 is 11.3 Å². The number of hydrogen-bond acceptors (Lipinski definition) is 6. The van der Waals surface area contributed by atoms with Crippen molar-refractivity contribution in [1.29, 1.82) is 0 Å². The lowest BCUT2D eigenvalue weighted by Crippen LogP contribution is -2.20. The van der Waals surface area contributed by atoms with Gasteiger partial charge in [0.2, 0.25) is 0 Å². The predicted octanol–water partition coefficient (Wildman–Crippen LogP) is 3.90. The van der Waals surface area contributed by atoms with Crippen LogP contribution in [0.4, 0.5) is 0 Å². The van der Waals surface area contributed by atoms with E-state index in [4.69, 9.17) is 10.3 Å². The number of nitrogens with zero attached hydrogens (tertiary/aromatic N) is 3. The minimum absolute atomic E-state index is 0.0632. The van der Waals surface area contributed by atoms with Gasteiger partial charge in [0, 0.05) is 11.3 Å². The number of thiazole rings is 1. The van der Waals surface area contributed by atoms with Crippen LogP contribution in [0.2, 0.25) is 0 Å². The van der Waals surface area contributed by atoms with E-state index < -0.39 is 0 Å². The predicted molar refractivity (Wildman–Crippen MR) is 83.0 cm³/mol. The normalized spacial score (nSPS) is 20.6. The van der Waals surface area contributed by atoms with Crippen LogP contribution in [0.3, 0.4) is 0 Å². The Morgan fingerprint density at radius 3 is 2.67 bits per heavy atom. The van der Waals surface area contributed by atoms with Crippen molar-refractivity contribution in [2.24, 2.45) is 11.1 Å². The Bertz CT molecular complexity index is 607. The first-order chi connectivity index (χ1) is 9.94. The molecule has 3 rings (SSSR count). The summed E-state index contributed by atoms with van der Waals surface area (Å²) in [5.41, 5.74) is 7.02. The maximum absolute atomic E-state index is 5.83. The first-order valence-electron chi connectivity index (χ1n) is 7.49. The molecule has 2 aromatic rings. The molecule has 2 aromatic heterocycles. The van der Waals surface area contributed by atoms with Gasteiger partial charge in [-0.15, -0.1) is 11.3 Å². The monoisotopic (exact) mass is 306 g/mol. The molecule has 6 heteroatoms. The zero-order valence-corrected chi connectivity index (χ0v) is 13.6. The van der Waals surface area contributed by atoms with Gasteiger partial charge in [-0.05, 0) is 38.0 Å². The highest BCUT2D eigenvalue weighted by molar-refractivity contribution is 7.10. The molecule has 2 N–H and O–H groups in total. The summed E-state index contributed by atoms with van der Waals surface area (Å²) >= 11 is 1.53. The summed E-state index contributed by atoms with van der Waals surface area (Å²) < 4.78 is 5.39. The van der Waals surface area contributed by atoms with Crippen LogP contribution >= 0.6 is 11.3 Å². The molecule has 1 aliphatic rings. The summed E-state index contributed by atoms with van der Waals surface area (Å²) in [5, 5.41) is 6.99. The van der Waals surface area contributed by atoms with E-state index in [0.717, 1.165) is 29.4 Å². The fraction of sp³-hybridized carbons (Fsp3) is 0.667. The second-order valence-electron chi connectivity index (χ2n) is 6.76. The third-order valence-corrected chi connectivity index (χ3v) is 5.32.